The number of fused-ring (bicyclic) bond motifs is 3. The van der Waals surface area contributed by atoms with Gasteiger partial charge in [0.05, 0.1) is 30.2 Å². The highest BCUT2D eigenvalue weighted by molar-refractivity contribution is 6.31. The summed E-state index contributed by atoms with van der Waals surface area (Å²) in [5.41, 5.74) is 6.82. The number of para-hydroxylation sites is 2. The molecule has 1 fully saturated rings. The van der Waals surface area contributed by atoms with Crippen molar-refractivity contribution in [3.63, 3.8) is 0 Å². The summed E-state index contributed by atoms with van der Waals surface area (Å²) in [7, 11) is 1.70. The van der Waals surface area contributed by atoms with Crippen LogP contribution in [0.25, 0.3) is 22.1 Å². The Morgan fingerprint density at radius 3 is 2.44 bits per heavy atom. The van der Waals surface area contributed by atoms with E-state index in [9.17, 15) is 9.18 Å². The molecule has 294 valence electrons. The number of aromatic amines is 1. The van der Waals surface area contributed by atoms with E-state index in [4.69, 9.17) is 35.2 Å². The van der Waals surface area contributed by atoms with Crippen LogP contribution in [0.15, 0.2) is 131 Å². The number of ether oxygens (including phenoxy) is 3. The molecule has 0 radical (unpaired) electrons. The molecule has 0 amide bonds. The fourth-order valence-electron chi connectivity index (χ4n) is 6.84. The van der Waals surface area contributed by atoms with E-state index in [1.165, 1.54) is 23.3 Å². The van der Waals surface area contributed by atoms with Crippen molar-refractivity contribution in [2.75, 3.05) is 38.9 Å². The minimum Gasteiger partial charge on any atom is -0.497 e. The number of nitrogens with zero attached hydrogens (tertiary/aromatic N) is 3. The minimum atomic E-state index is -0.456. The summed E-state index contributed by atoms with van der Waals surface area (Å²) in [5.74, 6) is 2.80. The maximum absolute atomic E-state index is 13.4. The average Bonchev–Trinajstić information content (AvgIpc) is 3.95. The van der Waals surface area contributed by atoms with E-state index in [1.54, 1.807) is 25.3 Å². The Labute approximate surface area is 335 Å². The molecule has 5 aromatic carbocycles. The monoisotopic (exact) mass is 789 g/mol. The third kappa shape index (κ3) is 10.4. The summed E-state index contributed by atoms with van der Waals surface area (Å²) in [5, 5.41) is 4.29. The van der Waals surface area contributed by atoms with Crippen molar-refractivity contribution in [2.24, 2.45) is 0 Å². The molecule has 1 saturated heterocycles. The lowest BCUT2D eigenvalue weighted by Gasteiger charge is -2.32. The molecular formula is C45H45ClFN5O5. The number of hydrogen-bond acceptors (Lipinski definition) is 8. The molecule has 0 atom stereocenters. The van der Waals surface area contributed by atoms with Crippen molar-refractivity contribution in [3.8, 4) is 17.2 Å². The number of piperidine rings is 1. The Hall–Kier alpha value is -6.04. The maximum Gasteiger partial charge on any atom is 0.417 e. The number of benzene rings is 5. The molecule has 0 aliphatic carbocycles. The number of halogens is 2. The number of H-pyrrole nitrogens is 1. The second kappa shape index (κ2) is 18.7. The molecule has 9 rings (SSSR count). The van der Waals surface area contributed by atoms with Gasteiger partial charge in [0.15, 0.2) is 17.1 Å². The Morgan fingerprint density at radius 2 is 1.67 bits per heavy atom. The number of likely N-dealkylation sites (tertiary alicyclic amines) is 1. The number of aromatic nitrogens is 3. The lowest BCUT2D eigenvalue weighted by atomic mass is 10.0. The molecule has 4 heterocycles. The van der Waals surface area contributed by atoms with Crippen LogP contribution in [0.2, 0.25) is 5.02 Å². The molecule has 0 spiro atoms. The Kier molecular flexibility index (Phi) is 12.9. The highest BCUT2D eigenvalue weighted by Crippen LogP contribution is 2.32. The average molecular weight is 790 g/mol. The van der Waals surface area contributed by atoms with Crippen molar-refractivity contribution >= 4 is 39.7 Å². The van der Waals surface area contributed by atoms with Gasteiger partial charge < -0.3 is 33.4 Å². The van der Waals surface area contributed by atoms with Crippen LogP contribution >= 0.6 is 11.6 Å². The first-order valence-corrected chi connectivity index (χ1v) is 19.3. The van der Waals surface area contributed by atoms with Crippen LogP contribution in [0.3, 0.4) is 0 Å². The van der Waals surface area contributed by atoms with Crippen LogP contribution in [0.5, 0.6) is 17.2 Å². The third-order valence-electron chi connectivity index (χ3n) is 9.90. The summed E-state index contributed by atoms with van der Waals surface area (Å²) >= 11 is 5.66. The molecule has 0 bridgehead atoms. The highest BCUT2D eigenvalue weighted by atomic mass is 35.5. The molecule has 2 aromatic heterocycles. The van der Waals surface area contributed by atoms with Gasteiger partial charge in [0, 0.05) is 30.7 Å². The second-order valence-corrected chi connectivity index (χ2v) is 14.3. The van der Waals surface area contributed by atoms with Crippen molar-refractivity contribution in [1.29, 1.82) is 0 Å². The van der Waals surface area contributed by atoms with E-state index in [0.29, 0.717) is 35.5 Å². The molecule has 7 aromatic rings. The first-order valence-electron chi connectivity index (χ1n) is 18.9. The van der Waals surface area contributed by atoms with E-state index in [1.807, 2.05) is 66.7 Å². The summed E-state index contributed by atoms with van der Waals surface area (Å²) in [6.07, 6.45) is 5.97. The van der Waals surface area contributed by atoms with Gasteiger partial charge in [-0.3, -0.25) is 4.98 Å². The van der Waals surface area contributed by atoms with E-state index < -0.39 is 5.76 Å². The fraction of sp³-hybridized carbons (Fsp3) is 0.244. The number of nitrogens with one attached hydrogen (secondary N) is 2. The van der Waals surface area contributed by atoms with Crippen LogP contribution in [-0.2, 0) is 19.4 Å². The normalized spacial score (nSPS) is 13.7. The second-order valence-electron chi connectivity index (χ2n) is 13.8. The van der Waals surface area contributed by atoms with Crippen LogP contribution in [-0.4, -0.2) is 59.0 Å². The number of anilines is 1. The summed E-state index contributed by atoms with van der Waals surface area (Å²) in [6.45, 7) is 7.90. The van der Waals surface area contributed by atoms with Gasteiger partial charge in [0.1, 0.15) is 11.6 Å². The summed E-state index contributed by atoms with van der Waals surface area (Å²) < 4.78 is 36.0. The van der Waals surface area contributed by atoms with Crippen molar-refractivity contribution in [2.45, 2.75) is 38.3 Å². The van der Waals surface area contributed by atoms with Gasteiger partial charge in [-0.1, -0.05) is 60.1 Å². The molecule has 2 aliphatic rings. The number of methoxy groups -OCH3 is 1. The molecule has 57 heavy (non-hydrogen) atoms. The first kappa shape index (κ1) is 39.2. The SMILES string of the molecule is C=CCc1ccc2c(c1)OCO2.COc1ccc(CCN2CCC(Nc3nc4ccccc4n3Cc3ccc(F)cc3)CC2)cc1.O=c1[nH]c2cc(Cl)ccc2o1. The van der Waals surface area contributed by atoms with Gasteiger partial charge >= 0.3 is 5.76 Å². The van der Waals surface area contributed by atoms with Crippen LogP contribution in [0.4, 0.5) is 10.3 Å². The number of oxazole rings is 1. The van der Waals surface area contributed by atoms with Crippen LogP contribution in [0, 0.1) is 5.82 Å². The molecular weight excluding hydrogens is 745 g/mol. The highest BCUT2D eigenvalue weighted by Gasteiger charge is 2.21. The Morgan fingerprint density at radius 1 is 0.930 bits per heavy atom. The summed E-state index contributed by atoms with van der Waals surface area (Å²) in [6, 6.07) is 34.6. The standard InChI is InChI=1S/C28H31FN4O.C10H10O2.C7H4ClNO2/c1-34-25-12-8-21(9-13-25)14-17-32-18-15-24(16-19-32)30-28-31-26-4-2-3-5-27(26)33(28)20-22-6-10-23(29)11-7-22;1-2-3-8-4-5-9-10(6-8)12-7-11-9;8-4-1-2-6-5(3-4)9-7(10)11-6/h2-13,24H,14-20H2,1H3,(H,30,31);2,4-6H,1,3,7H2;1-3H,(H,9,10). The molecule has 10 nitrogen and oxygen atoms in total. The zero-order valence-electron chi connectivity index (χ0n) is 31.8. The Balaban J connectivity index is 0.000000173. The predicted molar refractivity (Wildman–Crippen MR) is 223 cm³/mol. The largest absolute Gasteiger partial charge is 0.497 e. The van der Waals surface area contributed by atoms with Gasteiger partial charge in [-0.15, -0.1) is 6.58 Å². The topological polar surface area (TPSA) is 107 Å². The Bertz CT molecular complexity index is 2450. The van der Waals surface area contributed by atoms with Crippen molar-refractivity contribution in [3.05, 3.63) is 160 Å². The fourth-order valence-corrected chi connectivity index (χ4v) is 7.01. The van der Waals surface area contributed by atoms with E-state index in [-0.39, 0.29) is 5.82 Å². The number of imidazole rings is 1. The van der Waals surface area contributed by atoms with Gasteiger partial charge in [0.25, 0.3) is 0 Å². The van der Waals surface area contributed by atoms with Crippen molar-refractivity contribution in [1.82, 2.24) is 19.4 Å². The third-order valence-corrected chi connectivity index (χ3v) is 10.1. The molecule has 2 aliphatic heterocycles. The van der Waals surface area contributed by atoms with Crippen molar-refractivity contribution < 1.29 is 23.0 Å². The van der Waals surface area contributed by atoms with Gasteiger partial charge in [0.2, 0.25) is 12.7 Å². The van der Waals surface area contributed by atoms with E-state index >= 15 is 0 Å². The van der Waals surface area contributed by atoms with E-state index in [0.717, 1.165) is 85.1 Å². The number of allylic oxidation sites excluding steroid dienone is 1. The lowest BCUT2D eigenvalue weighted by molar-refractivity contribution is 0.174. The zero-order chi connectivity index (χ0) is 39.6. The van der Waals surface area contributed by atoms with Gasteiger partial charge in [-0.05, 0) is 109 Å². The maximum atomic E-state index is 13.4. The molecule has 12 heteroatoms. The predicted octanol–water partition coefficient (Wildman–Crippen LogP) is 9.27. The molecule has 2 N–H and O–H groups in total. The van der Waals surface area contributed by atoms with Gasteiger partial charge in [-0.2, -0.15) is 0 Å². The quantitative estimate of drug-likeness (QED) is 0.132. The molecule has 0 unspecified atom stereocenters. The van der Waals surface area contributed by atoms with Crippen LogP contribution < -0.4 is 25.3 Å². The summed E-state index contributed by atoms with van der Waals surface area (Å²) in [4.78, 5) is 20.6. The lowest BCUT2D eigenvalue weighted by Crippen LogP contribution is -2.40. The zero-order valence-corrected chi connectivity index (χ0v) is 32.5. The van der Waals surface area contributed by atoms with E-state index in [2.05, 4.69) is 44.5 Å². The molecule has 0 saturated carbocycles. The first-order chi connectivity index (χ1) is 27.8. The van der Waals surface area contributed by atoms with Crippen LogP contribution in [0.1, 0.15) is 29.5 Å². The number of hydrogen-bond donors (Lipinski definition) is 2. The number of rotatable bonds is 10. The smallest absolute Gasteiger partial charge is 0.417 e. The minimum absolute atomic E-state index is 0.212. The van der Waals surface area contributed by atoms with Gasteiger partial charge in [-0.25, -0.2) is 14.2 Å².